The highest BCUT2D eigenvalue weighted by atomic mass is 19.1. The number of aromatic hydroxyl groups is 1. The van der Waals surface area contributed by atoms with Crippen molar-refractivity contribution in [1.29, 1.82) is 5.26 Å². The van der Waals surface area contributed by atoms with Crippen LogP contribution >= 0.6 is 0 Å². The van der Waals surface area contributed by atoms with Crippen molar-refractivity contribution in [2.45, 2.75) is 45.2 Å². The molecule has 242 valence electrons. The molecule has 8 nitrogen and oxygen atoms in total. The van der Waals surface area contributed by atoms with Crippen LogP contribution in [-0.2, 0) is 0 Å². The Morgan fingerprint density at radius 1 is 1.11 bits per heavy atom. The predicted octanol–water partition coefficient (Wildman–Crippen LogP) is 5.75. The Balaban J connectivity index is 1.40. The Labute approximate surface area is 271 Å². The maximum atomic E-state index is 16.9. The third-order valence-corrected chi connectivity index (χ3v) is 10.1. The number of piperazine rings is 1. The van der Waals surface area contributed by atoms with E-state index in [1.165, 1.54) is 24.3 Å². The Kier molecular flexibility index (Phi) is 7.86. The summed E-state index contributed by atoms with van der Waals surface area (Å²) >= 11 is 0. The number of nitriles is 1. The number of aromatic nitrogens is 2. The fraction of sp³-hybridized carbons (Fsp3) is 0.417. The first kappa shape index (κ1) is 31.0. The molecule has 4 heterocycles. The van der Waals surface area contributed by atoms with Crippen LogP contribution in [0.2, 0.25) is 0 Å². The van der Waals surface area contributed by atoms with Crippen LogP contribution in [-0.4, -0.2) is 71.4 Å². The maximum absolute atomic E-state index is 16.9. The summed E-state index contributed by atoms with van der Waals surface area (Å²) < 4.78 is 54.2. The number of halogens is 3. The van der Waals surface area contributed by atoms with Crippen LogP contribution in [0.15, 0.2) is 30.3 Å². The largest absolute Gasteiger partial charge is 0.508 e. The molecule has 0 amide bonds. The smallest absolute Gasteiger partial charge is 0.319 e. The van der Waals surface area contributed by atoms with Crippen molar-refractivity contribution < 1.29 is 23.0 Å². The summed E-state index contributed by atoms with van der Waals surface area (Å²) in [6.07, 6.45) is 8.33. The highest BCUT2D eigenvalue weighted by molar-refractivity contribution is 6.04. The molecule has 3 fully saturated rings. The number of benzene rings is 3. The van der Waals surface area contributed by atoms with Crippen LogP contribution in [0.25, 0.3) is 32.8 Å². The third-order valence-electron chi connectivity index (χ3n) is 10.1. The lowest BCUT2D eigenvalue weighted by Gasteiger charge is -2.42. The number of fused-ring (bicyclic) bond motifs is 4. The van der Waals surface area contributed by atoms with Crippen molar-refractivity contribution in [3.05, 3.63) is 53.3 Å². The molecule has 0 aliphatic carbocycles. The lowest BCUT2D eigenvalue weighted by atomic mass is 9.73. The van der Waals surface area contributed by atoms with Gasteiger partial charge in [0.05, 0.1) is 29.7 Å². The summed E-state index contributed by atoms with van der Waals surface area (Å²) in [4.78, 5) is 13.5. The first-order chi connectivity index (χ1) is 22.6. The number of ether oxygens (including phenoxy) is 1. The number of rotatable bonds is 6. The minimum Gasteiger partial charge on any atom is -0.508 e. The molecule has 0 radical (unpaired) electrons. The maximum Gasteiger partial charge on any atom is 0.319 e. The topological polar surface area (TPSA) is 97.5 Å². The fourth-order valence-corrected chi connectivity index (χ4v) is 7.67. The SMILES string of the molecule is C#Cc1c(F)ccc2cc(O)cc(-c3c(F)cc4c(N5C[C@H]6CC[C@@H](C5)N6)nc(OC[C@@]5(C)CN(CC)CC[C@@H]5C#N)nc4c3F)c12. The van der Waals surface area contributed by atoms with Crippen molar-refractivity contribution in [3.8, 4) is 41.3 Å². The summed E-state index contributed by atoms with van der Waals surface area (Å²) in [6, 6.07) is 9.05. The van der Waals surface area contributed by atoms with E-state index >= 15 is 8.78 Å². The van der Waals surface area contributed by atoms with E-state index in [9.17, 15) is 14.8 Å². The normalized spacial score (nSPS) is 24.4. The molecule has 3 saturated heterocycles. The molecule has 4 atom stereocenters. The van der Waals surface area contributed by atoms with E-state index in [0.717, 1.165) is 32.0 Å². The minimum atomic E-state index is -1.01. The monoisotopic (exact) mass is 640 g/mol. The molecule has 2 N–H and O–H groups in total. The predicted molar refractivity (Wildman–Crippen MR) is 174 cm³/mol. The zero-order valence-electron chi connectivity index (χ0n) is 26.3. The van der Waals surface area contributed by atoms with Gasteiger partial charge in [-0.25, -0.2) is 13.2 Å². The number of nitrogens with one attached hydrogen (secondary N) is 1. The number of nitrogens with zero attached hydrogens (tertiary/aromatic N) is 5. The van der Waals surface area contributed by atoms with Crippen LogP contribution in [0.4, 0.5) is 19.0 Å². The molecule has 2 bridgehead atoms. The fourth-order valence-electron chi connectivity index (χ4n) is 7.67. The molecule has 0 saturated carbocycles. The molecule has 11 heteroatoms. The summed E-state index contributed by atoms with van der Waals surface area (Å²) in [6.45, 7) is 7.68. The Morgan fingerprint density at radius 2 is 1.87 bits per heavy atom. The van der Waals surface area contributed by atoms with Crippen LogP contribution in [0.3, 0.4) is 0 Å². The van der Waals surface area contributed by atoms with Crippen molar-refractivity contribution in [2.75, 3.05) is 44.2 Å². The Hall–Kier alpha value is -4.58. The molecular formula is C36H35F3N6O2. The molecule has 4 aromatic rings. The summed E-state index contributed by atoms with van der Waals surface area (Å²) in [5, 5.41) is 24.6. The highest BCUT2D eigenvalue weighted by Crippen LogP contribution is 2.42. The van der Waals surface area contributed by atoms with Gasteiger partial charge < -0.3 is 25.0 Å². The van der Waals surface area contributed by atoms with Crippen molar-refractivity contribution in [3.63, 3.8) is 0 Å². The standard InChI is InChI=1S/C36H35F3N6O2/c1-4-25-28(37)9-6-20-12-24(46)13-26(30(20)25)31-29(38)14-27-33(32(31)39)42-35(43-34(27)45-16-22-7-8-23(17-45)41-22)47-19-36(3)18-44(5-2)11-10-21(36)15-40/h1,6,9,12-14,21-23,41,46H,5,7-8,10-11,16-19H2,2-3H3/t21-,22-,23+,36-/m1/s1. The molecule has 3 aliphatic heterocycles. The number of anilines is 1. The first-order valence-electron chi connectivity index (χ1n) is 16.0. The molecule has 1 aromatic heterocycles. The van der Waals surface area contributed by atoms with Gasteiger partial charge in [-0.05, 0) is 62.0 Å². The van der Waals surface area contributed by atoms with E-state index in [0.29, 0.717) is 37.3 Å². The van der Waals surface area contributed by atoms with Gasteiger partial charge in [0.2, 0.25) is 0 Å². The minimum absolute atomic E-state index is 0.0856. The van der Waals surface area contributed by atoms with E-state index in [1.807, 2.05) is 11.8 Å². The third kappa shape index (κ3) is 5.38. The lowest BCUT2D eigenvalue weighted by molar-refractivity contribution is 0.0253. The van der Waals surface area contributed by atoms with Gasteiger partial charge in [-0.3, -0.25) is 0 Å². The quantitative estimate of drug-likeness (QED) is 0.258. The highest BCUT2D eigenvalue weighted by Gasteiger charge is 2.41. The summed E-state index contributed by atoms with van der Waals surface area (Å²) in [5.74, 6) is -0.539. The molecule has 47 heavy (non-hydrogen) atoms. The average Bonchev–Trinajstić information content (AvgIpc) is 3.40. The second-order valence-corrected chi connectivity index (χ2v) is 13.3. The van der Waals surface area contributed by atoms with Gasteiger partial charge in [0, 0.05) is 53.5 Å². The summed E-state index contributed by atoms with van der Waals surface area (Å²) in [7, 11) is 0. The van der Waals surface area contributed by atoms with E-state index in [2.05, 4.69) is 34.1 Å². The second-order valence-electron chi connectivity index (χ2n) is 13.3. The Bertz CT molecular complexity index is 1980. The zero-order valence-corrected chi connectivity index (χ0v) is 26.3. The van der Waals surface area contributed by atoms with E-state index in [4.69, 9.17) is 16.1 Å². The van der Waals surface area contributed by atoms with Gasteiger partial charge >= 0.3 is 6.01 Å². The number of phenolic OH excluding ortho intramolecular Hbond substituents is 1. The van der Waals surface area contributed by atoms with Crippen LogP contribution in [0.5, 0.6) is 11.8 Å². The van der Waals surface area contributed by atoms with Crippen molar-refractivity contribution in [2.24, 2.45) is 11.3 Å². The number of terminal acetylenes is 1. The molecule has 3 aromatic carbocycles. The summed E-state index contributed by atoms with van der Waals surface area (Å²) in [5.41, 5.74) is -1.48. The van der Waals surface area contributed by atoms with Crippen molar-refractivity contribution in [1.82, 2.24) is 20.2 Å². The Morgan fingerprint density at radius 3 is 2.57 bits per heavy atom. The number of likely N-dealkylation sites (tertiary alicyclic amines) is 1. The lowest BCUT2D eigenvalue weighted by Crippen LogP contribution is -2.51. The van der Waals surface area contributed by atoms with E-state index < -0.39 is 28.4 Å². The molecule has 0 spiro atoms. The number of hydrogen-bond donors (Lipinski definition) is 2. The van der Waals surface area contributed by atoms with Crippen molar-refractivity contribution >= 4 is 27.5 Å². The zero-order chi connectivity index (χ0) is 33.0. The van der Waals surface area contributed by atoms with Gasteiger partial charge in [0.15, 0.2) is 5.82 Å². The van der Waals surface area contributed by atoms with Crippen LogP contribution < -0.4 is 15.0 Å². The number of hydrogen-bond acceptors (Lipinski definition) is 8. The van der Waals surface area contributed by atoms with Gasteiger partial charge in [0.25, 0.3) is 0 Å². The van der Waals surface area contributed by atoms with Gasteiger partial charge in [-0.15, -0.1) is 6.42 Å². The van der Waals surface area contributed by atoms with Gasteiger partial charge in [-0.1, -0.05) is 25.8 Å². The number of piperidine rings is 1. The van der Waals surface area contributed by atoms with E-state index in [-0.39, 0.29) is 63.8 Å². The van der Waals surface area contributed by atoms with Gasteiger partial charge in [-0.2, -0.15) is 15.2 Å². The van der Waals surface area contributed by atoms with Crippen LogP contribution in [0, 0.1) is 52.5 Å². The molecule has 0 unspecified atom stereocenters. The molecular weight excluding hydrogens is 605 g/mol. The number of phenols is 1. The molecule has 3 aliphatic rings. The van der Waals surface area contributed by atoms with Gasteiger partial charge in [0.1, 0.15) is 28.7 Å². The molecule has 7 rings (SSSR count). The first-order valence-corrected chi connectivity index (χ1v) is 16.0. The average molecular weight is 641 g/mol. The van der Waals surface area contributed by atoms with E-state index in [1.54, 1.807) is 0 Å². The van der Waals surface area contributed by atoms with Crippen LogP contribution in [0.1, 0.15) is 38.7 Å². The second kappa shape index (κ2) is 11.9.